The molecule has 212 valence electrons. The number of hydrogen-bond donors (Lipinski definition) is 1. The Kier molecular flexibility index (Phi) is 7.67. The summed E-state index contributed by atoms with van der Waals surface area (Å²) in [5, 5.41) is 9.94. The molecule has 0 radical (unpaired) electrons. The van der Waals surface area contributed by atoms with E-state index in [1.54, 1.807) is 0 Å². The van der Waals surface area contributed by atoms with Gasteiger partial charge in [-0.3, -0.25) is 9.69 Å². The minimum Gasteiger partial charge on any atom is -0.481 e. The molecule has 0 amide bonds. The van der Waals surface area contributed by atoms with Crippen LogP contribution < -0.4 is 0 Å². The number of carboxylic acids is 1. The van der Waals surface area contributed by atoms with Crippen LogP contribution in [0.1, 0.15) is 40.2 Å². The molecule has 0 aliphatic carbocycles. The quantitative estimate of drug-likeness (QED) is 0.320. The number of alkyl halides is 6. The third-order valence-electron chi connectivity index (χ3n) is 7.94. The molecule has 3 heterocycles. The number of halogens is 6. The van der Waals surface area contributed by atoms with Gasteiger partial charge in [-0.05, 0) is 47.9 Å². The molecular formula is C30H27F6NO3. The molecule has 0 spiro atoms. The highest BCUT2D eigenvalue weighted by molar-refractivity contribution is 5.71. The van der Waals surface area contributed by atoms with Gasteiger partial charge in [0, 0.05) is 24.4 Å². The fraction of sp³-hybridized carbons (Fsp3) is 0.367. The normalized spacial score (nSPS) is 24.8. The topological polar surface area (TPSA) is 49.8 Å². The first kappa shape index (κ1) is 28.2. The zero-order valence-electron chi connectivity index (χ0n) is 21.2. The Labute approximate surface area is 227 Å². The smallest absolute Gasteiger partial charge is 0.416 e. The molecule has 5 atom stereocenters. The summed E-state index contributed by atoms with van der Waals surface area (Å²) in [6, 6.07) is 20.1. The summed E-state index contributed by atoms with van der Waals surface area (Å²) in [4.78, 5) is 14.2. The second-order valence-corrected chi connectivity index (χ2v) is 10.4. The van der Waals surface area contributed by atoms with Crippen molar-refractivity contribution < 1.29 is 41.0 Å². The van der Waals surface area contributed by atoms with Gasteiger partial charge >= 0.3 is 18.3 Å². The number of rotatable bonds is 7. The molecule has 0 aromatic heterocycles. The van der Waals surface area contributed by atoms with Gasteiger partial charge in [0.15, 0.2) is 0 Å². The predicted molar refractivity (Wildman–Crippen MR) is 134 cm³/mol. The Bertz CT molecular complexity index is 1260. The van der Waals surface area contributed by atoms with Crippen LogP contribution in [0.15, 0.2) is 78.9 Å². The highest BCUT2D eigenvalue weighted by atomic mass is 19.4. The van der Waals surface area contributed by atoms with Crippen LogP contribution in [-0.4, -0.2) is 41.2 Å². The number of carboxylic acid groups (broad SMARTS) is 1. The van der Waals surface area contributed by atoms with Crippen LogP contribution in [0.2, 0.25) is 0 Å². The highest BCUT2D eigenvalue weighted by Crippen LogP contribution is 2.46. The van der Waals surface area contributed by atoms with Crippen LogP contribution >= 0.6 is 0 Å². The first-order valence-electron chi connectivity index (χ1n) is 12.9. The molecule has 3 aromatic rings. The third-order valence-corrected chi connectivity index (χ3v) is 7.94. The van der Waals surface area contributed by atoms with Gasteiger partial charge in [0.2, 0.25) is 0 Å². The summed E-state index contributed by atoms with van der Waals surface area (Å²) in [5.74, 6) is -2.50. The largest absolute Gasteiger partial charge is 0.481 e. The standard InChI is InChI=1S/C30H27F6NO3/c31-29(32,33)21-13-18(14-22(15-21)30(34,35)36)17-40-27-23-11-12-37(16-24(23)28(38)39)26(27)25(19-7-3-1-4-8-19)20-9-5-2-6-10-20/h1-10,13-15,23-27H,11-12,16-17H2,(H,38,39)/t23-,24+,26-,27-/m0/s1. The molecule has 1 unspecified atom stereocenters. The van der Waals surface area contributed by atoms with Crippen LogP contribution in [0.5, 0.6) is 0 Å². The van der Waals surface area contributed by atoms with Gasteiger partial charge < -0.3 is 9.84 Å². The first-order chi connectivity index (χ1) is 18.9. The van der Waals surface area contributed by atoms with E-state index in [0.29, 0.717) is 25.1 Å². The van der Waals surface area contributed by atoms with Gasteiger partial charge in [0.25, 0.3) is 0 Å². The van der Waals surface area contributed by atoms with Crippen molar-refractivity contribution in [3.8, 4) is 0 Å². The van der Waals surface area contributed by atoms with Gasteiger partial charge in [0.05, 0.1) is 29.8 Å². The van der Waals surface area contributed by atoms with Crippen molar-refractivity contribution in [3.63, 3.8) is 0 Å². The number of piperidine rings is 3. The molecule has 3 aliphatic rings. The van der Waals surface area contributed by atoms with E-state index < -0.39 is 54.0 Å². The van der Waals surface area contributed by atoms with Gasteiger partial charge in [-0.1, -0.05) is 60.7 Å². The summed E-state index contributed by atoms with van der Waals surface area (Å²) >= 11 is 0. The van der Waals surface area contributed by atoms with E-state index >= 15 is 0 Å². The molecule has 0 saturated carbocycles. The van der Waals surface area contributed by atoms with Crippen LogP contribution in [0.4, 0.5) is 26.3 Å². The number of nitrogens with zero attached hydrogens (tertiary/aromatic N) is 1. The summed E-state index contributed by atoms with van der Waals surface area (Å²) in [5.41, 5.74) is -1.21. The maximum absolute atomic E-state index is 13.5. The Morgan fingerprint density at radius 3 is 1.88 bits per heavy atom. The van der Waals surface area contributed by atoms with E-state index in [1.807, 2.05) is 65.6 Å². The van der Waals surface area contributed by atoms with Gasteiger partial charge in [-0.2, -0.15) is 26.3 Å². The van der Waals surface area contributed by atoms with Crippen LogP contribution in [0.25, 0.3) is 0 Å². The average Bonchev–Trinajstić information content (AvgIpc) is 2.93. The molecule has 3 fully saturated rings. The minimum absolute atomic E-state index is 0.0852. The highest BCUT2D eigenvalue weighted by Gasteiger charge is 2.53. The Hall–Kier alpha value is -3.37. The molecule has 10 heteroatoms. The SMILES string of the molecule is O=C(O)[C@@H]1CN2CC[C@@H]1[C@H](OCc1cc(C(F)(F)F)cc(C(F)(F)F)c1)[C@@H]2C(c1ccccc1)c1ccccc1. The van der Waals surface area contributed by atoms with E-state index in [4.69, 9.17) is 4.74 Å². The molecule has 6 rings (SSSR count). The molecule has 4 nitrogen and oxygen atoms in total. The fourth-order valence-electron chi connectivity index (χ4n) is 6.21. The van der Waals surface area contributed by atoms with Gasteiger partial charge in [0.1, 0.15) is 0 Å². The first-order valence-corrected chi connectivity index (χ1v) is 12.9. The molecule has 3 saturated heterocycles. The van der Waals surface area contributed by atoms with Crippen molar-refractivity contribution in [3.05, 3.63) is 107 Å². The van der Waals surface area contributed by atoms with Crippen molar-refractivity contribution in [2.24, 2.45) is 11.8 Å². The fourth-order valence-corrected chi connectivity index (χ4v) is 6.21. The molecule has 3 aliphatic heterocycles. The summed E-state index contributed by atoms with van der Waals surface area (Å²) < 4.78 is 87.0. The summed E-state index contributed by atoms with van der Waals surface area (Å²) in [6.07, 6.45) is -10.2. The number of carbonyl (C=O) groups is 1. The number of ether oxygens (including phenoxy) is 1. The van der Waals surface area contributed by atoms with Crippen molar-refractivity contribution in [1.82, 2.24) is 4.90 Å². The molecular weight excluding hydrogens is 536 g/mol. The lowest BCUT2D eigenvalue weighted by atomic mass is 9.68. The van der Waals surface area contributed by atoms with E-state index in [2.05, 4.69) is 0 Å². The number of fused-ring (bicyclic) bond motifs is 3. The Morgan fingerprint density at radius 2 is 1.40 bits per heavy atom. The van der Waals surface area contributed by atoms with Crippen LogP contribution in [0.3, 0.4) is 0 Å². The predicted octanol–water partition coefficient (Wildman–Crippen LogP) is 6.85. The van der Waals surface area contributed by atoms with Crippen LogP contribution in [0, 0.1) is 11.8 Å². The lowest BCUT2D eigenvalue weighted by Crippen LogP contribution is -2.65. The van der Waals surface area contributed by atoms with Crippen molar-refractivity contribution in [1.29, 1.82) is 0 Å². The van der Waals surface area contributed by atoms with Crippen molar-refractivity contribution in [2.75, 3.05) is 13.1 Å². The second-order valence-electron chi connectivity index (χ2n) is 10.4. The zero-order valence-corrected chi connectivity index (χ0v) is 21.2. The monoisotopic (exact) mass is 563 g/mol. The summed E-state index contributed by atoms with van der Waals surface area (Å²) in [6.45, 7) is 0.362. The molecule has 2 bridgehead atoms. The minimum atomic E-state index is -4.98. The second kappa shape index (κ2) is 10.9. The third kappa shape index (κ3) is 5.74. The van der Waals surface area contributed by atoms with E-state index in [9.17, 15) is 36.2 Å². The zero-order chi connectivity index (χ0) is 28.7. The molecule has 40 heavy (non-hydrogen) atoms. The maximum Gasteiger partial charge on any atom is 0.416 e. The number of hydrogen-bond acceptors (Lipinski definition) is 3. The molecule has 3 aromatic carbocycles. The lowest BCUT2D eigenvalue weighted by molar-refractivity contribution is -0.172. The lowest BCUT2D eigenvalue weighted by Gasteiger charge is -2.55. The summed E-state index contributed by atoms with van der Waals surface area (Å²) in [7, 11) is 0. The van der Waals surface area contributed by atoms with Crippen molar-refractivity contribution in [2.45, 2.75) is 43.4 Å². The molecule has 1 N–H and O–H groups in total. The number of aliphatic carboxylic acids is 1. The Balaban J connectivity index is 1.55. The van der Waals surface area contributed by atoms with E-state index in [0.717, 1.165) is 11.1 Å². The Morgan fingerprint density at radius 1 is 0.875 bits per heavy atom. The number of benzene rings is 3. The van der Waals surface area contributed by atoms with Crippen LogP contribution in [-0.2, 0) is 28.5 Å². The van der Waals surface area contributed by atoms with Gasteiger partial charge in [-0.25, -0.2) is 0 Å². The van der Waals surface area contributed by atoms with E-state index in [1.165, 1.54) is 0 Å². The average molecular weight is 564 g/mol. The van der Waals surface area contributed by atoms with E-state index in [-0.39, 0.29) is 30.1 Å². The maximum atomic E-state index is 13.5. The van der Waals surface area contributed by atoms with Crippen molar-refractivity contribution >= 4 is 5.97 Å². The van der Waals surface area contributed by atoms with Gasteiger partial charge in [-0.15, -0.1) is 0 Å².